The quantitative estimate of drug-likeness (QED) is 0.852. The van der Waals surface area contributed by atoms with Crippen LogP contribution in [-0.4, -0.2) is 24.0 Å². The molecule has 0 bridgehead atoms. The molecule has 86 valence electrons. The summed E-state index contributed by atoms with van der Waals surface area (Å²) in [6.07, 6.45) is 1.23. The number of benzene rings is 1. The Labute approximate surface area is 114 Å². The second-order valence-corrected chi connectivity index (χ2v) is 6.23. The van der Waals surface area contributed by atoms with Gasteiger partial charge in [0.25, 0.3) is 5.91 Å². The monoisotopic (exact) mass is 347 g/mol. The molecule has 1 N–H and O–H groups in total. The predicted molar refractivity (Wildman–Crippen MR) is 76.9 cm³/mol. The summed E-state index contributed by atoms with van der Waals surface area (Å²) in [4.78, 5) is 11.9. The zero-order valence-electron chi connectivity index (χ0n) is 8.91. The summed E-state index contributed by atoms with van der Waals surface area (Å²) >= 11 is 4.18. The molecule has 2 nitrogen and oxygen atoms in total. The molecular weight excluding hydrogens is 333 g/mol. The molecule has 1 aromatic carbocycles. The van der Waals surface area contributed by atoms with Crippen molar-refractivity contribution in [3.8, 4) is 0 Å². The molecule has 4 heteroatoms. The van der Waals surface area contributed by atoms with Crippen molar-refractivity contribution < 1.29 is 4.79 Å². The highest BCUT2D eigenvalue weighted by molar-refractivity contribution is 14.1. The summed E-state index contributed by atoms with van der Waals surface area (Å²) in [7, 11) is 0. The zero-order valence-corrected chi connectivity index (χ0v) is 11.9. The maximum atomic E-state index is 11.9. The number of halogens is 1. The number of thioether (sulfide) groups is 1. The fraction of sp³-hybridized carbons (Fsp3) is 0.417. The first kappa shape index (κ1) is 12.2. The zero-order chi connectivity index (χ0) is 11.4. The first-order chi connectivity index (χ1) is 7.77. The molecule has 1 fully saturated rings. The van der Waals surface area contributed by atoms with E-state index in [1.165, 1.54) is 17.9 Å². The largest absolute Gasteiger partial charge is 0.352 e. The average Bonchev–Trinajstić information content (AvgIpc) is 2.79. The number of amides is 1. The highest BCUT2D eigenvalue weighted by atomic mass is 127. The second kappa shape index (κ2) is 5.91. The molecule has 1 amide bonds. The standard InChI is InChI=1S/C12H14INOS/c13-11-4-2-1-3-10(11)12(15)14-7-9-5-6-16-8-9/h1-4,9H,5-8H2,(H,14,15). The van der Waals surface area contributed by atoms with E-state index in [9.17, 15) is 4.79 Å². The number of nitrogens with one attached hydrogen (secondary N) is 1. The Kier molecular flexibility index (Phi) is 4.52. The Bertz CT molecular complexity index is 377. The Morgan fingerprint density at radius 3 is 3.00 bits per heavy atom. The summed E-state index contributed by atoms with van der Waals surface area (Å²) < 4.78 is 1.01. The van der Waals surface area contributed by atoms with Gasteiger partial charge in [0.2, 0.25) is 0 Å². The van der Waals surface area contributed by atoms with E-state index in [4.69, 9.17) is 0 Å². The molecule has 0 saturated carbocycles. The summed E-state index contributed by atoms with van der Waals surface area (Å²) in [6.45, 7) is 0.816. The van der Waals surface area contributed by atoms with Gasteiger partial charge in [-0.3, -0.25) is 4.79 Å². The van der Waals surface area contributed by atoms with Crippen molar-refractivity contribution in [2.45, 2.75) is 6.42 Å². The van der Waals surface area contributed by atoms with Gasteiger partial charge in [0.05, 0.1) is 5.56 Å². The van der Waals surface area contributed by atoms with Crippen molar-refractivity contribution in [1.29, 1.82) is 0 Å². The first-order valence-electron chi connectivity index (χ1n) is 5.38. The molecule has 1 aliphatic rings. The fourth-order valence-electron chi connectivity index (χ4n) is 1.72. The molecule has 16 heavy (non-hydrogen) atoms. The van der Waals surface area contributed by atoms with Crippen LogP contribution >= 0.6 is 34.4 Å². The van der Waals surface area contributed by atoms with Crippen LogP contribution in [0.5, 0.6) is 0 Å². The lowest BCUT2D eigenvalue weighted by Gasteiger charge is -2.10. The fourth-order valence-corrected chi connectivity index (χ4v) is 3.64. The summed E-state index contributed by atoms with van der Waals surface area (Å²) in [5.41, 5.74) is 0.786. The molecule has 0 radical (unpaired) electrons. The SMILES string of the molecule is O=C(NCC1CCSC1)c1ccccc1I. The second-order valence-electron chi connectivity index (χ2n) is 3.92. The Hall–Kier alpha value is -0.230. The smallest absolute Gasteiger partial charge is 0.252 e. The molecule has 1 saturated heterocycles. The van der Waals surface area contributed by atoms with Crippen LogP contribution in [0.2, 0.25) is 0 Å². The average molecular weight is 347 g/mol. The maximum Gasteiger partial charge on any atom is 0.252 e. The van der Waals surface area contributed by atoms with Crippen LogP contribution in [0.4, 0.5) is 0 Å². The Morgan fingerprint density at radius 1 is 1.50 bits per heavy atom. The van der Waals surface area contributed by atoms with Gasteiger partial charge >= 0.3 is 0 Å². The lowest BCUT2D eigenvalue weighted by atomic mass is 10.1. The predicted octanol–water partition coefficient (Wildman–Crippen LogP) is 2.77. The number of hydrogen-bond donors (Lipinski definition) is 1. The summed E-state index contributed by atoms with van der Waals surface area (Å²) in [5, 5.41) is 3.02. The number of rotatable bonds is 3. The van der Waals surface area contributed by atoms with E-state index in [0.717, 1.165) is 15.7 Å². The Balaban J connectivity index is 1.90. The molecule has 1 aromatic rings. The molecule has 1 aliphatic heterocycles. The van der Waals surface area contributed by atoms with Gasteiger partial charge in [-0.25, -0.2) is 0 Å². The van der Waals surface area contributed by atoms with Crippen molar-refractivity contribution >= 4 is 40.3 Å². The lowest BCUT2D eigenvalue weighted by Crippen LogP contribution is -2.29. The maximum absolute atomic E-state index is 11.9. The van der Waals surface area contributed by atoms with Crippen LogP contribution in [0.15, 0.2) is 24.3 Å². The number of carbonyl (C=O) groups is 1. The minimum Gasteiger partial charge on any atom is -0.352 e. The van der Waals surface area contributed by atoms with Crippen LogP contribution in [-0.2, 0) is 0 Å². The van der Waals surface area contributed by atoms with Crippen LogP contribution in [0.25, 0.3) is 0 Å². The van der Waals surface area contributed by atoms with Gasteiger partial charge in [0.1, 0.15) is 0 Å². The van der Waals surface area contributed by atoms with E-state index in [-0.39, 0.29) is 5.91 Å². The van der Waals surface area contributed by atoms with E-state index in [2.05, 4.69) is 27.9 Å². The first-order valence-corrected chi connectivity index (χ1v) is 7.61. The van der Waals surface area contributed by atoms with Crippen LogP contribution in [0.3, 0.4) is 0 Å². The van der Waals surface area contributed by atoms with Crippen LogP contribution < -0.4 is 5.32 Å². The van der Waals surface area contributed by atoms with E-state index >= 15 is 0 Å². The minimum atomic E-state index is 0.0573. The molecule has 1 heterocycles. The van der Waals surface area contributed by atoms with E-state index < -0.39 is 0 Å². The van der Waals surface area contributed by atoms with Crippen molar-refractivity contribution in [2.75, 3.05) is 18.1 Å². The van der Waals surface area contributed by atoms with E-state index in [1.54, 1.807) is 0 Å². The molecule has 0 spiro atoms. The highest BCUT2D eigenvalue weighted by Crippen LogP contribution is 2.22. The molecule has 1 unspecified atom stereocenters. The van der Waals surface area contributed by atoms with Gasteiger partial charge in [0, 0.05) is 10.1 Å². The van der Waals surface area contributed by atoms with Gasteiger partial charge in [-0.15, -0.1) is 0 Å². The van der Waals surface area contributed by atoms with E-state index in [1.807, 2.05) is 36.0 Å². The molecule has 0 aliphatic carbocycles. The lowest BCUT2D eigenvalue weighted by molar-refractivity contribution is 0.0947. The third kappa shape index (κ3) is 3.13. The van der Waals surface area contributed by atoms with Crippen molar-refractivity contribution in [3.05, 3.63) is 33.4 Å². The third-order valence-electron chi connectivity index (χ3n) is 2.69. The van der Waals surface area contributed by atoms with Crippen LogP contribution in [0.1, 0.15) is 16.8 Å². The molecular formula is C12H14INOS. The van der Waals surface area contributed by atoms with Gasteiger partial charge in [0.15, 0.2) is 0 Å². The minimum absolute atomic E-state index is 0.0573. The van der Waals surface area contributed by atoms with Crippen molar-refractivity contribution in [2.24, 2.45) is 5.92 Å². The van der Waals surface area contributed by atoms with Gasteiger partial charge in [-0.05, 0) is 58.6 Å². The third-order valence-corrected chi connectivity index (χ3v) is 4.87. The normalized spacial score (nSPS) is 19.7. The highest BCUT2D eigenvalue weighted by Gasteiger charge is 2.17. The Morgan fingerprint density at radius 2 is 2.31 bits per heavy atom. The molecule has 0 aromatic heterocycles. The molecule has 1 atom stereocenters. The van der Waals surface area contributed by atoms with Crippen LogP contribution in [0, 0.1) is 9.49 Å². The van der Waals surface area contributed by atoms with Gasteiger partial charge in [-0.2, -0.15) is 11.8 Å². The van der Waals surface area contributed by atoms with E-state index in [0.29, 0.717) is 5.92 Å². The topological polar surface area (TPSA) is 29.1 Å². The number of hydrogen-bond acceptors (Lipinski definition) is 2. The molecule has 2 rings (SSSR count). The van der Waals surface area contributed by atoms with Gasteiger partial charge in [-0.1, -0.05) is 12.1 Å². The van der Waals surface area contributed by atoms with Gasteiger partial charge < -0.3 is 5.32 Å². The summed E-state index contributed by atoms with van der Waals surface area (Å²) in [6, 6.07) is 7.69. The van der Waals surface area contributed by atoms with Crippen molar-refractivity contribution in [3.63, 3.8) is 0 Å². The summed E-state index contributed by atoms with van der Waals surface area (Å²) in [5.74, 6) is 3.15. The number of carbonyl (C=O) groups excluding carboxylic acids is 1. The van der Waals surface area contributed by atoms with Crippen molar-refractivity contribution in [1.82, 2.24) is 5.32 Å².